The SMILES string of the molecule is COc1cc(CN)ccc1Oc1cc(=O)[nH]c(C)n1. The van der Waals surface area contributed by atoms with Gasteiger partial charge < -0.3 is 20.2 Å². The van der Waals surface area contributed by atoms with E-state index >= 15 is 0 Å². The number of benzene rings is 1. The van der Waals surface area contributed by atoms with E-state index in [0.717, 1.165) is 5.56 Å². The Labute approximate surface area is 110 Å². The second kappa shape index (κ2) is 5.53. The number of methoxy groups -OCH3 is 1. The number of nitrogens with zero attached hydrogens (tertiary/aromatic N) is 1. The van der Waals surface area contributed by atoms with E-state index in [4.69, 9.17) is 15.2 Å². The number of hydrogen-bond donors (Lipinski definition) is 2. The molecule has 0 aliphatic rings. The fourth-order valence-corrected chi connectivity index (χ4v) is 1.64. The average molecular weight is 261 g/mol. The summed E-state index contributed by atoms with van der Waals surface area (Å²) in [5.41, 5.74) is 6.23. The van der Waals surface area contributed by atoms with Crippen molar-refractivity contribution in [3.05, 3.63) is 46.0 Å². The quantitative estimate of drug-likeness (QED) is 0.866. The zero-order chi connectivity index (χ0) is 13.8. The van der Waals surface area contributed by atoms with Crippen molar-refractivity contribution in [3.8, 4) is 17.4 Å². The summed E-state index contributed by atoms with van der Waals surface area (Å²) in [5, 5.41) is 0. The van der Waals surface area contributed by atoms with Crippen LogP contribution in [0.1, 0.15) is 11.4 Å². The lowest BCUT2D eigenvalue weighted by Crippen LogP contribution is -2.08. The van der Waals surface area contributed by atoms with Gasteiger partial charge in [-0.05, 0) is 24.6 Å². The Hall–Kier alpha value is -2.34. The zero-order valence-electron chi connectivity index (χ0n) is 10.8. The van der Waals surface area contributed by atoms with Crippen molar-refractivity contribution < 1.29 is 9.47 Å². The lowest BCUT2D eigenvalue weighted by atomic mass is 10.2. The molecule has 0 spiro atoms. The molecule has 100 valence electrons. The first-order chi connectivity index (χ1) is 9.12. The van der Waals surface area contributed by atoms with Gasteiger partial charge >= 0.3 is 0 Å². The highest BCUT2D eigenvalue weighted by atomic mass is 16.5. The van der Waals surface area contributed by atoms with Gasteiger partial charge in [0.15, 0.2) is 11.5 Å². The van der Waals surface area contributed by atoms with E-state index in [0.29, 0.717) is 23.9 Å². The second-order valence-electron chi connectivity index (χ2n) is 3.96. The summed E-state index contributed by atoms with van der Waals surface area (Å²) in [4.78, 5) is 18.0. The Bertz CT molecular complexity index is 637. The van der Waals surface area contributed by atoms with Gasteiger partial charge in [0.25, 0.3) is 5.56 Å². The minimum absolute atomic E-state index is 0.222. The van der Waals surface area contributed by atoms with E-state index in [1.807, 2.05) is 6.07 Å². The van der Waals surface area contributed by atoms with E-state index in [-0.39, 0.29) is 11.4 Å². The Balaban J connectivity index is 2.34. The van der Waals surface area contributed by atoms with Gasteiger partial charge in [-0.2, -0.15) is 0 Å². The number of rotatable bonds is 4. The monoisotopic (exact) mass is 261 g/mol. The van der Waals surface area contributed by atoms with Gasteiger partial charge in [-0.3, -0.25) is 4.79 Å². The maximum atomic E-state index is 11.3. The first kappa shape index (κ1) is 13.1. The minimum Gasteiger partial charge on any atom is -0.493 e. The Morgan fingerprint density at radius 2 is 2.11 bits per heavy atom. The summed E-state index contributed by atoms with van der Waals surface area (Å²) in [6.45, 7) is 2.10. The fraction of sp³-hybridized carbons (Fsp3) is 0.231. The van der Waals surface area contributed by atoms with Crippen LogP contribution in [0.2, 0.25) is 0 Å². The molecule has 1 aromatic heterocycles. The molecule has 6 nitrogen and oxygen atoms in total. The summed E-state index contributed by atoms with van der Waals surface area (Å²) in [6, 6.07) is 6.63. The number of aromatic amines is 1. The van der Waals surface area contributed by atoms with E-state index in [9.17, 15) is 4.79 Å². The number of H-pyrrole nitrogens is 1. The molecule has 3 N–H and O–H groups in total. The van der Waals surface area contributed by atoms with Gasteiger partial charge in [0.1, 0.15) is 5.82 Å². The molecule has 0 aliphatic carbocycles. The highest BCUT2D eigenvalue weighted by Gasteiger charge is 2.08. The average Bonchev–Trinajstić information content (AvgIpc) is 2.38. The summed E-state index contributed by atoms with van der Waals surface area (Å²) in [6.07, 6.45) is 0. The smallest absolute Gasteiger partial charge is 0.254 e. The van der Waals surface area contributed by atoms with Crippen LogP contribution in [0.15, 0.2) is 29.1 Å². The zero-order valence-corrected chi connectivity index (χ0v) is 10.8. The molecular formula is C13H15N3O3. The molecule has 0 atom stereocenters. The minimum atomic E-state index is -0.264. The lowest BCUT2D eigenvalue weighted by molar-refractivity contribution is 0.373. The molecule has 0 saturated carbocycles. The van der Waals surface area contributed by atoms with Crippen molar-refractivity contribution >= 4 is 0 Å². The fourth-order valence-electron chi connectivity index (χ4n) is 1.64. The molecule has 0 unspecified atom stereocenters. The molecular weight excluding hydrogens is 246 g/mol. The molecule has 6 heteroatoms. The van der Waals surface area contributed by atoms with Gasteiger partial charge in [-0.25, -0.2) is 4.98 Å². The molecule has 0 aliphatic heterocycles. The molecule has 0 radical (unpaired) electrons. The van der Waals surface area contributed by atoms with Gasteiger partial charge in [0, 0.05) is 6.54 Å². The molecule has 1 heterocycles. The van der Waals surface area contributed by atoms with Crippen molar-refractivity contribution in [2.24, 2.45) is 5.73 Å². The van der Waals surface area contributed by atoms with Crippen molar-refractivity contribution in [2.75, 3.05) is 7.11 Å². The van der Waals surface area contributed by atoms with E-state index < -0.39 is 0 Å². The molecule has 0 bridgehead atoms. The largest absolute Gasteiger partial charge is 0.493 e. The highest BCUT2D eigenvalue weighted by molar-refractivity contribution is 5.44. The number of nitrogens with one attached hydrogen (secondary N) is 1. The van der Waals surface area contributed by atoms with Crippen LogP contribution in [0.3, 0.4) is 0 Å². The summed E-state index contributed by atoms with van der Waals surface area (Å²) in [7, 11) is 1.54. The molecule has 1 aromatic carbocycles. The van der Waals surface area contributed by atoms with Crippen LogP contribution < -0.4 is 20.8 Å². The Morgan fingerprint density at radius 1 is 1.32 bits per heavy atom. The van der Waals surface area contributed by atoms with Crippen molar-refractivity contribution in [2.45, 2.75) is 13.5 Å². The predicted molar refractivity (Wildman–Crippen MR) is 70.6 cm³/mol. The van der Waals surface area contributed by atoms with Crippen LogP contribution in [-0.4, -0.2) is 17.1 Å². The predicted octanol–water partition coefficient (Wildman–Crippen LogP) is 1.34. The molecule has 2 rings (SSSR count). The second-order valence-corrected chi connectivity index (χ2v) is 3.96. The standard InChI is InChI=1S/C13H15N3O3/c1-8-15-12(17)6-13(16-8)19-10-4-3-9(7-14)5-11(10)18-2/h3-6H,7,14H2,1-2H3,(H,15,16,17). The van der Waals surface area contributed by atoms with Crippen molar-refractivity contribution in [1.29, 1.82) is 0 Å². The molecule has 2 aromatic rings. The van der Waals surface area contributed by atoms with Gasteiger partial charge in [0.05, 0.1) is 13.2 Å². The van der Waals surface area contributed by atoms with E-state index in [1.54, 1.807) is 26.2 Å². The lowest BCUT2D eigenvalue weighted by Gasteiger charge is -2.10. The van der Waals surface area contributed by atoms with Crippen LogP contribution in [0.25, 0.3) is 0 Å². The Morgan fingerprint density at radius 3 is 2.74 bits per heavy atom. The maximum absolute atomic E-state index is 11.3. The summed E-state index contributed by atoms with van der Waals surface area (Å²) >= 11 is 0. The third-order valence-corrected chi connectivity index (χ3v) is 2.51. The topological polar surface area (TPSA) is 90.2 Å². The van der Waals surface area contributed by atoms with Crippen molar-refractivity contribution in [1.82, 2.24) is 9.97 Å². The van der Waals surface area contributed by atoms with Crippen LogP contribution in [0.5, 0.6) is 17.4 Å². The highest BCUT2D eigenvalue weighted by Crippen LogP contribution is 2.31. The van der Waals surface area contributed by atoms with Gasteiger partial charge in [-0.15, -0.1) is 0 Å². The van der Waals surface area contributed by atoms with Crippen LogP contribution in [0, 0.1) is 6.92 Å². The van der Waals surface area contributed by atoms with E-state index in [2.05, 4.69) is 9.97 Å². The third kappa shape index (κ3) is 3.11. The number of hydrogen-bond acceptors (Lipinski definition) is 5. The van der Waals surface area contributed by atoms with Crippen LogP contribution in [0.4, 0.5) is 0 Å². The first-order valence-corrected chi connectivity index (χ1v) is 5.75. The van der Waals surface area contributed by atoms with Crippen LogP contribution >= 0.6 is 0 Å². The number of nitrogens with two attached hydrogens (primary N) is 1. The van der Waals surface area contributed by atoms with Crippen LogP contribution in [-0.2, 0) is 6.54 Å². The molecule has 19 heavy (non-hydrogen) atoms. The van der Waals surface area contributed by atoms with Gasteiger partial charge in [0.2, 0.25) is 5.88 Å². The molecule has 0 amide bonds. The normalized spacial score (nSPS) is 10.3. The van der Waals surface area contributed by atoms with Crippen molar-refractivity contribution in [3.63, 3.8) is 0 Å². The first-order valence-electron chi connectivity index (χ1n) is 5.75. The number of aromatic nitrogens is 2. The molecule has 0 fully saturated rings. The maximum Gasteiger partial charge on any atom is 0.254 e. The van der Waals surface area contributed by atoms with Gasteiger partial charge in [-0.1, -0.05) is 6.07 Å². The summed E-state index contributed by atoms with van der Waals surface area (Å²) in [5.74, 6) is 1.74. The summed E-state index contributed by atoms with van der Waals surface area (Å²) < 4.78 is 10.8. The Kier molecular flexibility index (Phi) is 3.82. The number of ether oxygens (including phenoxy) is 2. The third-order valence-electron chi connectivity index (χ3n) is 2.51. The number of aryl methyl sites for hydroxylation is 1. The molecule has 0 saturated heterocycles. The van der Waals surface area contributed by atoms with E-state index in [1.165, 1.54) is 6.07 Å².